The summed E-state index contributed by atoms with van der Waals surface area (Å²) in [5.41, 5.74) is -2.99. The van der Waals surface area contributed by atoms with Gasteiger partial charge in [0.15, 0.2) is 12.6 Å². The Morgan fingerprint density at radius 2 is 1.50 bits per heavy atom. The summed E-state index contributed by atoms with van der Waals surface area (Å²) in [5, 5.41) is 84.7. The van der Waals surface area contributed by atoms with Gasteiger partial charge in [0, 0.05) is 0 Å². The van der Waals surface area contributed by atoms with Crippen molar-refractivity contribution in [3.63, 3.8) is 0 Å². The third kappa shape index (κ3) is 5.93. The fraction of sp³-hybridized carbons (Fsp3) is 0.905. The molecule has 2 heterocycles. The van der Waals surface area contributed by atoms with Crippen LogP contribution in [0, 0.1) is 62.6 Å². The van der Waals surface area contributed by atoms with E-state index in [9.17, 15) is 50.4 Å². The standard InChI is InChI=1S/C42H66O14/c1-19-10-15-41(37(52)56-35-31(47)29(45)23(18-43)33(49)55-35)16-22-8-9-26-39(6)13-12-27(54-34-32(48)30(46)28(44)21(3)53-34)38(4,5)25(39)11-14-40(26,7)42(22,36(50)51)17-24(41)20(19)2/h8,19-21,23-35,43-49H,9-18H2,1-7H3,(H,50,51)/t19-,20+,21-,23+,24-,25-,26+,27-,28-,29+,30+,31+,32+,33-,34+,35+,39+,40-,41+,42-/m1/s1. The highest BCUT2D eigenvalue weighted by atomic mass is 16.8. The molecule has 5 aliphatic carbocycles. The van der Waals surface area contributed by atoms with E-state index < -0.39 is 102 Å². The summed E-state index contributed by atoms with van der Waals surface area (Å²) in [6.45, 7) is 14.0. The van der Waals surface area contributed by atoms with Crippen LogP contribution in [0.3, 0.4) is 0 Å². The van der Waals surface area contributed by atoms with Crippen molar-refractivity contribution >= 4 is 11.9 Å². The highest BCUT2D eigenvalue weighted by Crippen LogP contribution is 2.76. The molecule has 0 radical (unpaired) electrons. The summed E-state index contributed by atoms with van der Waals surface area (Å²) in [7, 11) is 0. The van der Waals surface area contributed by atoms with Crippen LogP contribution in [-0.4, -0.2) is 121 Å². The van der Waals surface area contributed by atoms with Gasteiger partial charge in [-0.05, 0) is 111 Å². The van der Waals surface area contributed by atoms with E-state index in [-0.39, 0.29) is 54.0 Å². The van der Waals surface area contributed by atoms with Crippen molar-refractivity contribution < 1.29 is 69.4 Å². The van der Waals surface area contributed by atoms with Crippen molar-refractivity contribution in [2.45, 2.75) is 168 Å². The predicted octanol–water partition coefficient (Wildman–Crippen LogP) is 2.47. The molecule has 14 nitrogen and oxygen atoms in total. The van der Waals surface area contributed by atoms with E-state index >= 15 is 0 Å². The van der Waals surface area contributed by atoms with Gasteiger partial charge in [-0.3, -0.25) is 9.59 Å². The molecule has 0 aromatic heterocycles. The zero-order valence-corrected chi connectivity index (χ0v) is 33.9. The first kappa shape index (κ1) is 42.4. The van der Waals surface area contributed by atoms with Crippen LogP contribution in [0.4, 0.5) is 0 Å². The number of hydrogen-bond acceptors (Lipinski definition) is 13. The first-order valence-corrected chi connectivity index (χ1v) is 20.9. The van der Waals surface area contributed by atoms with Crippen LogP contribution in [0.5, 0.6) is 0 Å². The Morgan fingerprint density at radius 3 is 2.16 bits per heavy atom. The second-order valence-corrected chi connectivity index (χ2v) is 20.1. The number of esters is 1. The van der Waals surface area contributed by atoms with Crippen molar-refractivity contribution in [3.8, 4) is 0 Å². The van der Waals surface area contributed by atoms with E-state index in [0.717, 1.165) is 18.4 Å². The van der Waals surface area contributed by atoms with E-state index in [1.807, 2.05) is 0 Å². The SMILES string of the molecule is C[C@H]1[C@H](C)CC[C@]2(C(=O)O[C@@H]3O[C@@H](O)[C@@H](CO)[C@H](O)[C@@H]3O)CC3=CC[C@H]4[C@@]5(C)CC[C@@H](O[C@@H]6O[C@H](C)[C@@H](O)[C@H](O)[C@@H]6O)C(C)(C)[C@H]5CC[C@@]4(C)[C@]3(C(=O)O)C[C@H]12. The highest BCUT2D eigenvalue weighted by Gasteiger charge is 2.73. The lowest BCUT2D eigenvalue weighted by atomic mass is 9.33. The lowest BCUT2D eigenvalue weighted by Gasteiger charge is -2.70. The molecule has 56 heavy (non-hydrogen) atoms. The quantitative estimate of drug-likeness (QED) is 0.110. The lowest BCUT2D eigenvalue weighted by Crippen LogP contribution is -2.68. The first-order chi connectivity index (χ1) is 26.1. The summed E-state index contributed by atoms with van der Waals surface area (Å²) < 4.78 is 23.7. The molecule has 2 aliphatic heterocycles. The molecule has 20 atom stereocenters. The molecule has 7 aliphatic rings. The second-order valence-electron chi connectivity index (χ2n) is 20.1. The number of carboxylic acids is 1. The molecule has 6 fully saturated rings. The number of aliphatic hydroxyl groups excluding tert-OH is 7. The Hall–Kier alpha value is -1.72. The monoisotopic (exact) mass is 794 g/mol. The molecule has 0 amide bonds. The van der Waals surface area contributed by atoms with Crippen LogP contribution in [0.25, 0.3) is 0 Å². The zero-order valence-electron chi connectivity index (χ0n) is 33.9. The van der Waals surface area contributed by atoms with Gasteiger partial charge in [0.25, 0.3) is 0 Å². The van der Waals surface area contributed by atoms with Crippen molar-refractivity contribution in [2.24, 2.45) is 62.6 Å². The van der Waals surface area contributed by atoms with E-state index in [1.54, 1.807) is 6.92 Å². The molecule has 318 valence electrons. The van der Waals surface area contributed by atoms with E-state index in [4.69, 9.17) is 18.9 Å². The maximum atomic E-state index is 14.6. The number of rotatable bonds is 6. The molecule has 14 heteroatoms. The smallest absolute Gasteiger partial charge is 0.315 e. The summed E-state index contributed by atoms with van der Waals surface area (Å²) in [6.07, 6.45) is -5.74. The third-order valence-corrected chi connectivity index (χ3v) is 17.4. The number of allylic oxidation sites excluding steroid dienone is 1. The zero-order chi connectivity index (χ0) is 41.1. The van der Waals surface area contributed by atoms with Crippen LogP contribution in [0.1, 0.15) is 106 Å². The second kappa shape index (κ2) is 14.5. The molecule has 0 aromatic rings. The Morgan fingerprint density at radius 1 is 0.821 bits per heavy atom. The number of ether oxygens (including phenoxy) is 4. The van der Waals surface area contributed by atoms with E-state index in [1.165, 1.54) is 0 Å². The van der Waals surface area contributed by atoms with Gasteiger partial charge < -0.3 is 59.8 Å². The minimum Gasteiger partial charge on any atom is -0.481 e. The van der Waals surface area contributed by atoms with Gasteiger partial charge in [-0.15, -0.1) is 0 Å². The maximum absolute atomic E-state index is 14.6. The summed E-state index contributed by atoms with van der Waals surface area (Å²) in [6, 6.07) is 0. The molecule has 0 unspecified atom stereocenters. The van der Waals surface area contributed by atoms with Gasteiger partial charge in [0.1, 0.15) is 24.4 Å². The van der Waals surface area contributed by atoms with Gasteiger partial charge in [-0.25, -0.2) is 0 Å². The average Bonchev–Trinajstić information content (AvgIpc) is 3.13. The molecule has 7 rings (SSSR count). The minimum absolute atomic E-state index is 0.00802. The van der Waals surface area contributed by atoms with Crippen LogP contribution >= 0.6 is 0 Å². The number of hydrogen-bond donors (Lipinski definition) is 8. The minimum atomic E-state index is -1.70. The Kier molecular flexibility index (Phi) is 11.0. The van der Waals surface area contributed by atoms with Crippen molar-refractivity contribution in [1.29, 1.82) is 0 Å². The van der Waals surface area contributed by atoms with Gasteiger partial charge in [-0.2, -0.15) is 0 Å². The Labute approximate surface area is 329 Å². The van der Waals surface area contributed by atoms with E-state index in [2.05, 4.69) is 47.6 Å². The van der Waals surface area contributed by atoms with Crippen LogP contribution in [0.15, 0.2) is 11.6 Å². The van der Waals surface area contributed by atoms with Gasteiger partial charge in [-0.1, -0.05) is 53.2 Å². The Balaban J connectivity index is 1.20. The molecule has 2 saturated heterocycles. The molecule has 0 aromatic carbocycles. The number of aliphatic carboxylic acids is 1. The summed E-state index contributed by atoms with van der Waals surface area (Å²) in [5.74, 6) is -2.79. The largest absolute Gasteiger partial charge is 0.481 e. The molecule has 8 N–H and O–H groups in total. The topological polar surface area (TPSA) is 233 Å². The fourth-order valence-corrected chi connectivity index (χ4v) is 13.8. The summed E-state index contributed by atoms with van der Waals surface area (Å²) in [4.78, 5) is 28.8. The van der Waals surface area contributed by atoms with E-state index in [0.29, 0.717) is 32.1 Å². The predicted molar refractivity (Wildman–Crippen MR) is 198 cm³/mol. The molecular weight excluding hydrogens is 728 g/mol. The number of fused-ring (bicyclic) bond motifs is 6. The molecule has 0 spiro atoms. The lowest BCUT2D eigenvalue weighted by molar-refractivity contribution is -0.327. The number of aliphatic hydroxyl groups is 7. The van der Waals surface area contributed by atoms with Crippen molar-refractivity contribution in [3.05, 3.63) is 11.6 Å². The average molecular weight is 795 g/mol. The normalized spacial score (nSPS) is 54.0. The summed E-state index contributed by atoms with van der Waals surface area (Å²) >= 11 is 0. The first-order valence-electron chi connectivity index (χ1n) is 20.9. The van der Waals surface area contributed by atoms with Crippen LogP contribution in [0.2, 0.25) is 0 Å². The third-order valence-electron chi connectivity index (χ3n) is 17.4. The number of carboxylic acid groups (broad SMARTS) is 1. The van der Waals surface area contributed by atoms with Crippen molar-refractivity contribution in [1.82, 2.24) is 0 Å². The van der Waals surface area contributed by atoms with Gasteiger partial charge in [0.05, 0.1) is 41.7 Å². The fourth-order valence-electron chi connectivity index (χ4n) is 13.8. The maximum Gasteiger partial charge on any atom is 0.315 e. The van der Waals surface area contributed by atoms with Crippen LogP contribution < -0.4 is 0 Å². The number of carbonyl (C=O) groups is 2. The van der Waals surface area contributed by atoms with Crippen LogP contribution in [-0.2, 0) is 28.5 Å². The number of carbonyl (C=O) groups excluding carboxylic acids is 1. The highest BCUT2D eigenvalue weighted by molar-refractivity contribution is 5.84. The molecular formula is C42H66O14. The van der Waals surface area contributed by atoms with Gasteiger partial charge in [0.2, 0.25) is 6.29 Å². The van der Waals surface area contributed by atoms with Crippen molar-refractivity contribution in [2.75, 3.05) is 6.61 Å². The Bertz CT molecular complexity index is 1550. The molecule has 0 bridgehead atoms. The van der Waals surface area contributed by atoms with Gasteiger partial charge >= 0.3 is 11.9 Å². The molecule has 4 saturated carbocycles.